The van der Waals surface area contributed by atoms with Crippen molar-refractivity contribution in [3.63, 3.8) is 0 Å². The van der Waals surface area contributed by atoms with E-state index in [1.165, 1.54) is 11.0 Å². The summed E-state index contributed by atoms with van der Waals surface area (Å²) in [6.45, 7) is 0.478. The summed E-state index contributed by atoms with van der Waals surface area (Å²) in [5.41, 5.74) is 6.29. The van der Waals surface area contributed by atoms with Gasteiger partial charge < -0.3 is 5.73 Å². The molecule has 0 bridgehead atoms. The molecule has 2 N–H and O–H groups in total. The zero-order valence-electron chi connectivity index (χ0n) is 6.96. The summed E-state index contributed by atoms with van der Waals surface area (Å²) in [5.74, 6) is -0.381. The number of rotatable bonds is 0. The van der Waals surface area contributed by atoms with E-state index in [4.69, 9.17) is 5.73 Å². The van der Waals surface area contributed by atoms with Crippen molar-refractivity contribution in [3.8, 4) is 0 Å². The Morgan fingerprint density at radius 3 is 3.00 bits per heavy atom. The third kappa shape index (κ3) is 1.14. The molecule has 2 rings (SSSR count). The van der Waals surface area contributed by atoms with Crippen LogP contribution in [-0.2, 0) is 6.42 Å². The van der Waals surface area contributed by atoms with Gasteiger partial charge in [-0.2, -0.15) is 0 Å². The molecule has 0 saturated heterocycles. The van der Waals surface area contributed by atoms with Crippen molar-refractivity contribution in [2.75, 3.05) is 11.4 Å². The molecule has 1 aromatic rings. The second-order valence-corrected chi connectivity index (χ2v) is 2.99. The summed E-state index contributed by atoms with van der Waals surface area (Å²) < 4.78 is 13.3. The van der Waals surface area contributed by atoms with Gasteiger partial charge in [0, 0.05) is 6.54 Å². The minimum Gasteiger partial charge on any atom is -0.351 e. The van der Waals surface area contributed by atoms with Gasteiger partial charge in [0.15, 0.2) is 0 Å². The predicted molar refractivity (Wildman–Crippen MR) is 47.0 cm³/mol. The highest BCUT2D eigenvalue weighted by atomic mass is 19.1. The minimum atomic E-state index is -0.594. The molecule has 4 heteroatoms. The van der Waals surface area contributed by atoms with E-state index in [0.717, 1.165) is 5.56 Å². The molecule has 68 valence electrons. The van der Waals surface area contributed by atoms with Crippen LogP contribution in [0, 0.1) is 5.82 Å². The molecule has 0 aromatic heterocycles. The summed E-state index contributed by atoms with van der Waals surface area (Å²) >= 11 is 0. The van der Waals surface area contributed by atoms with E-state index >= 15 is 0 Å². The van der Waals surface area contributed by atoms with Crippen molar-refractivity contribution < 1.29 is 9.18 Å². The summed E-state index contributed by atoms with van der Waals surface area (Å²) in [5, 5.41) is 0. The van der Waals surface area contributed by atoms with Crippen molar-refractivity contribution in [1.29, 1.82) is 0 Å². The van der Waals surface area contributed by atoms with Crippen LogP contribution in [0.1, 0.15) is 5.56 Å². The predicted octanol–water partition coefficient (Wildman–Crippen LogP) is 1.27. The molecule has 0 atom stereocenters. The van der Waals surface area contributed by atoms with Gasteiger partial charge in [0.2, 0.25) is 0 Å². The van der Waals surface area contributed by atoms with Gasteiger partial charge in [0.05, 0.1) is 5.69 Å². The van der Waals surface area contributed by atoms with E-state index in [1.54, 1.807) is 12.1 Å². The van der Waals surface area contributed by atoms with Crippen LogP contribution in [0.2, 0.25) is 0 Å². The Morgan fingerprint density at radius 2 is 2.31 bits per heavy atom. The molecular formula is C9H9FN2O. The maximum atomic E-state index is 13.3. The molecule has 0 spiro atoms. The Labute approximate surface area is 74.9 Å². The van der Waals surface area contributed by atoms with Gasteiger partial charge in [-0.3, -0.25) is 4.90 Å². The maximum Gasteiger partial charge on any atom is 0.319 e. The van der Waals surface area contributed by atoms with E-state index < -0.39 is 6.03 Å². The number of anilines is 1. The first-order chi connectivity index (χ1) is 6.20. The molecule has 1 aliphatic heterocycles. The molecule has 3 nitrogen and oxygen atoms in total. The van der Waals surface area contributed by atoms with Crippen LogP contribution in [0.4, 0.5) is 14.9 Å². The van der Waals surface area contributed by atoms with E-state index in [0.29, 0.717) is 18.7 Å². The lowest BCUT2D eigenvalue weighted by molar-refractivity contribution is 0.254. The number of hydrogen-bond acceptors (Lipinski definition) is 1. The Balaban J connectivity index is 2.52. The summed E-state index contributed by atoms with van der Waals surface area (Å²) in [4.78, 5) is 12.2. The van der Waals surface area contributed by atoms with Crippen molar-refractivity contribution in [2.45, 2.75) is 6.42 Å². The van der Waals surface area contributed by atoms with Crippen LogP contribution < -0.4 is 10.6 Å². The van der Waals surface area contributed by atoms with E-state index in [9.17, 15) is 9.18 Å². The van der Waals surface area contributed by atoms with Crippen LogP contribution in [0.3, 0.4) is 0 Å². The van der Waals surface area contributed by atoms with Gasteiger partial charge in [-0.25, -0.2) is 9.18 Å². The molecule has 0 aliphatic carbocycles. The third-order valence-corrected chi connectivity index (χ3v) is 2.21. The summed E-state index contributed by atoms with van der Waals surface area (Å²) in [6.07, 6.45) is 0.677. The Morgan fingerprint density at radius 1 is 1.54 bits per heavy atom. The number of carbonyl (C=O) groups excluding carboxylic acids is 1. The molecule has 2 amide bonds. The summed E-state index contributed by atoms with van der Waals surface area (Å²) in [7, 11) is 0. The third-order valence-electron chi connectivity index (χ3n) is 2.21. The Bertz CT molecular complexity index is 365. The lowest BCUT2D eigenvalue weighted by Crippen LogP contribution is -2.34. The molecule has 13 heavy (non-hydrogen) atoms. The van der Waals surface area contributed by atoms with Crippen LogP contribution in [0.25, 0.3) is 0 Å². The number of urea groups is 1. The number of halogens is 1. The molecule has 1 aliphatic rings. The number of fused-ring (bicyclic) bond motifs is 1. The van der Waals surface area contributed by atoms with Crippen molar-refractivity contribution in [3.05, 3.63) is 29.6 Å². The largest absolute Gasteiger partial charge is 0.351 e. The number of nitrogens with two attached hydrogens (primary N) is 1. The highest BCUT2D eigenvalue weighted by Gasteiger charge is 2.25. The number of hydrogen-bond donors (Lipinski definition) is 1. The van der Waals surface area contributed by atoms with Crippen molar-refractivity contribution in [2.24, 2.45) is 5.73 Å². The molecular weight excluding hydrogens is 171 g/mol. The number of carbonyl (C=O) groups is 1. The van der Waals surface area contributed by atoms with Crippen LogP contribution in [-0.4, -0.2) is 12.6 Å². The van der Waals surface area contributed by atoms with Crippen LogP contribution in [0.5, 0.6) is 0 Å². The summed E-state index contributed by atoms with van der Waals surface area (Å²) in [6, 6.07) is 4.18. The van der Waals surface area contributed by atoms with Gasteiger partial charge in [-0.05, 0) is 18.1 Å². The Hall–Kier alpha value is -1.58. The topological polar surface area (TPSA) is 46.3 Å². The number of amides is 2. The molecule has 0 saturated carbocycles. The maximum absolute atomic E-state index is 13.3. The fraction of sp³-hybridized carbons (Fsp3) is 0.222. The first-order valence-corrected chi connectivity index (χ1v) is 4.04. The second kappa shape index (κ2) is 2.73. The SMILES string of the molecule is NC(=O)N1CCc2cccc(F)c21. The van der Waals surface area contributed by atoms with Crippen molar-refractivity contribution in [1.82, 2.24) is 0 Å². The zero-order chi connectivity index (χ0) is 9.42. The molecule has 1 aromatic carbocycles. The van der Waals surface area contributed by atoms with Crippen LogP contribution >= 0.6 is 0 Å². The molecule has 0 unspecified atom stereocenters. The fourth-order valence-corrected chi connectivity index (χ4v) is 1.63. The first-order valence-electron chi connectivity index (χ1n) is 4.04. The number of nitrogens with zero attached hydrogens (tertiary/aromatic N) is 1. The Kier molecular flexibility index (Phi) is 1.69. The number of benzene rings is 1. The highest BCUT2D eigenvalue weighted by Crippen LogP contribution is 2.30. The normalized spacial score (nSPS) is 14.4. The van der Waals surface area contributed by atoms with E-state index in [1.807, 2.05) is 0 Å². The standard InChI is InChI=1S/C9H9FN2O/c10-7-3-1-2-6-4-5-12(8(6)7)9(11)13/h1-3H,4-5H2,(H2,11,13). The number of primary amides is 1. The van der Waals surface area contributed by atoms with E-state index in [-0.39, 0.29) is 5.82 Å². The fourth-order valence-electron chi connectivity index (χ4n) is 1.63. The minimum absolute atomic E-state index is 0.343. The van der Waals surface area contributed by atoms with Crippen LogP contribution in [0.15, 0.2) is 18.2 Å². The smallest absolute Gasteiger partial charge is 0.319 e. The molecule has 1 heterocycles. The lowest BCUT2D eigenvalue weighted by Gasteiger charge is -2.14. The van der Waals surface area contributed by atoms with Gasteiger partial charge >= 0.3 is 6.03 Å². The average molecular weight is 180 g/mol. The first kappa shape index (κ1) is 8.04. The second-order valence-electron chi connectivity index (χ2n) is 2.99. The van der Waals surface area contributed by atoms with Gasteiger partial charge in [0.25, 0.3) is 0 Å². The molecule has 0 radical (unpaired) electrons. The van der Waals surface area contributed by atoms with Gasteiger partial charge in [-0.1, -0.05) is 12.1 Å². The van der Waals surface area contributed by atoms with Gasteiger partial charge in [-0.15, -0.1) is 0 Å². The lowest BCUT2D eigenvalue weighted by atomic mass is 10.2. The quantitative estimate of drug-likeness (QED) is 0.642. The average Bonchev–Trinajstić information content (AvgIpc) is 2.49. The number of para-hydroxylation sites is 1. The van der Waals surface area contributed by atoms with Crippen molar-refractivity contribution >= 4 is 11.7 Å². The van der Waals surface area contributed by atoms with Gasteiger partial charge in [0.1, 0.15) is 5.82 Å². The zero-order valence-corrected chi connectivity index (χ0v) is 6.96. The molecule has 0 fully saturated rings. The monoisotopic (exact) mass is 180 g/mol. The van der Waals surface area contributed by atoms with E-state index in [2.05, 4.69) is 0 Å². The highest BCUT2D eigenvalue weighted by molar-refractivity contribution is 5.93.